The third-order valence-corrected chi connectivity index (χ3v) is 6.71. The van der Waals surface area contributed by atoms with Crippen LogP contribution >= 0.6 is 35.5 Å². The van der Waals surface area contributed by atoms with Crippen LogP contribution in [0.25, 0.3) is 10.2 Å². The molecule has 3 rings (SSSR count). The smallest absolute Gasteiger partial charge is 0.228 e. The highest BCUT2D eigenvalue weighted by Gasteiger charge is 2.20. The van der Waals surface area contributed by atoms with Gasteiger partial charge in [0.15, 0.2) is 0 Å². The predicted molar refractivity (Wildman–Crippen MR) is 116 cm³/mol. The minimum atomic E-state index is 0. The van der Waals surface area contributed by atoms with E-state index in [2.05, 4.69) is 23.7 Å². The first-order chi connectivity index (χ1) is 11.7. The van der Waals surface area contributed by atoms with Crippen molar-refractivity contribution in [3.8, 4) is 0 Å². The molecule has 3 heterocycles. The number of nitrogens with two attached hydrogens (primary N) is 1. The lowest BCUT2D eigenvalue weighted by Crippen LogP contribution is -2.33. The first-order valence-electron chi connectivity index (χ1n) is 9.15. The van der Waals surface area contributed by atoms with Crippen molar-refractivity contribution in [2.45, 2.75) is 52.4 Å². The number of hydrogen-bond acceptors (Lipinski definition) is 6. The third-order valence-electron chi connectivity index (χ3n) is 4.58. The average molecular weight is 401 g/mol. The Labute approximate surface area is 165 Å². The van der Waals surface area contributed by atoms with Gasteiger partial charge in [-0.05, 0) is 31.2 Å². The van der Waals surface area contributed by atoms with Crippen LogP contribution < -0.4 is 10.6 Å². The van der Waals surface area contributed by atoms with Gasteiger partial charge in [0, 0.05) is 29.5 Å². The molecule has 1 fully saturated rings. The van der Waals surface area contributed by atoms with Gasteiger partial charge >= 0.3 is 0 Å². The molecule has 0 saturated carbocycles. The molecule has 0 amide bonds. The summed E-state index contributed by atoms with van der Waals surface area (Å²) >= 11 is 3.84. The molecule has 2 N–H and O–H groups in total. The number of thiophene rings is 1. The third kappa shape index (κ3) is 4.72. The van der Waals surface area contributed by atoms with E-state index in [9.17, 15) is 0 Å². The molecule has 1 aliphatic heterocycles. The predicted octanol–water partition coefficient (Wildman–Crippen LogP) is 4.93. The Kier molecular flexibility index (Phi) is 8.10. The minimum absolute atomic E-state index is 0. The van der Waals surface area contributed by atoms with Gasteiger partial charge in [0.1, 0.15) is 10.6 Å². The molecule has 2 aromatic rings. The van der Waals surface area contributed by atoms with E-state index in [0.29, 0.717) is 5.82 Å². The van der Waals surface area contributed by atoms with E-state index in [1.807, 2.05) is 23.1 Å². The number of nitrogens with zero attached hydrogens (tertiary/aromatic N) is 3. The van der Waals surface area contributed by atoms with Crippen LogP contribution in [0.5, 0.6) is 0 Å². The van der Waals surface area contributed by atoms with Crippen molar-refractivity contribution in [2.24, 2.45) is 0 Å². The molecule has 0 aromatic carbocycles. The minimum Gasteiger partial charge on any atom is -0.383 e. The lowest BCUT2D eigenvalue weighted by Gasteiger charge is -2.26. The number of halogens is 1. The normalized spacial score (nSPS) is 14.7. The van der Waals surface area contributed by atoms with Crippen molar-refractivity contribution in [1.82, 2.24) is 9.97 Å². The molecule has 140 valence electrons. The molecule has 0 spiro atoms. The SMILES string of the molecule is CCCCc1sc2nc(N3CCSCC3)nc(N)c2c1CCCC.Cl. The number of hydrogen-bond donors (Lipinski definition) is 1. The van der Waals surface area contributed by atoms with Crippen molar-refractivity contribution < 1.29 is 0 Å². The lowest BCUT2D eigenvalue weighted by molar-refractivity contribution is 0.770. The molecule has 2 aromatic heterocycles. The maximum absolute atomic E-state index is 6.40. The zero-order valence-electron chi connectivity index (χ0n) is 15.2. The van der Waals surface area contributed by atoms with Gasteiger partial charge in [-0.15, -0.1) is 23.7 Å². The van der Waals surface area contributed by atoms with Gasteiger partial charge < -0.3 is 10.6 Å². The molecular formula is C18H29ClN4S2. The molecule has 0 unspecified atom stereocenters. The Bertz CT molecular complexity index is 683. The number of aryl methyl sites for hydroxylation is 2. The van der Waals surface area contributed by atoms with E-state index in [1.165, 1.54) is 36.1 Å². The van der Waals surface area contributed by atoms with Crippen LogP contribution in [0.4, 0.5) is 11.8 Å². The van der Waals surface area contributed by atoms with Crippen LogP contribution in [0.15, 0.2) is 0 Å². The molecule has 0 atom stereocenters. The van der Waals surface area contributed by atoms with E-state index >= 15 is 0 Å². The first kappa shape index (κ1) is 20.6. The molecule has 0 radical (unpaired) electrons. The highest BCUT2D eigenvalue weighted by atomic mass is 35.5. The maximum atomic E-state index is 6.40. The Balaban J connectivity index is 0.00000225. The molecule has 0 aliphatic carbocycles. The van der Waals surface area contributed by atoms with Crippen molar-refractivity contribution in [3.63, 3.8) is 0 Å². The van der Waals surface area contributed by atoms with E-state index in [0.717, 1.165) is 53.6 Å². The summed E-state index contributed by atoms with van der Waals surface area (Å²) in [6, 6.07) is 0. The number of anilines is 2. The second-order valence-electron chi connectivity index (χ2n) is 6.40. The summed E-state index contributed by atoms with van der Waals surface area (Å²) in [6.45, 7) is 6.53. The summed E-state index contributed by atoms with van der Waals surface area (Å²) in [6.07, 6.45) is 7.10. The van der Waals surface area contributed by atoms with Crippen LogP contribution in [-0.2, 0) is 12.8 Å². The van der Waals surface area contributed by atoms with Crippen LogP contribution in [0.2, 0.25) is 0 Å². The van der Waals surface area contributed by atoms with Crippen LogP contribution in [0, 0.1) is 0 Å². The van der Waals surface area contributed by atoms with Crippen molar-refractivity contribution >= 4 is 57.5 Å². The highest BCUT2D eigenvalue weighted by Crippen LogP contribution is 2.36. The highest BCUT2D eigenvalue weighted by molar-refractivity contribution is 7.99. The van der Waals surface area contributed by atoms with E-state index in [1.54, 1.807) is 0 Å². The number of nitrogen functional groups attached to an aromatic ring is 1. The van der Waals surface area contributed by atoms with Gasteiger partial charge in [0.2, 0.25) is 5.95 Å². The van der Waals surface area contributed by atoms with Crippen LogP contribution in [0.1, 0.15) is 50.0 Å². The summed E-state index contributed by atoms with van der Waals surface area (Å²) in [5.74, 6) is 3.80. The Morgan fingerprint density at radius 1 is 1.04 bits per heavy atom. The summed E-state index contributed by atoms with van der Waals surface area (Å²) in [5.41, 5.74) is 7.82. The molecule has 7 heteroatoms. The monoisotopic (exact) mass is 400 g/mol. The molecule has 0 bridgehead atoms. The molecule has 1 aliphatic rings. The summed E-state index contributed by atoms with van der Waals surface area (Å²) in [4.78, 5) is 14.4. The lowest BCUT2D eigenvalue weighted by atomic mass is 10.0. The van der Waals surface area contributed by atoms with Crippen molar-refractivity contribution in [1.29, 1.82) is 0 Å². The van der Waals surface area contributed by atoms with Crippen LogP contribution in [-0.4, -0.2) is 34.6 Å². The second-order valence-corrected chi connectivity index (χ2v) is 8.71. The average Bonchev–Trinajstić information content (AvgIpc) is 2.96. The zero-order valence-corrected chi connectivity index (χ0v) is 17.7. The quantitative estimate of drug-likeness (QED) is 0.713. The van der Waals surface area contributed by atoms with Crippen molar-refractivity contribution in [3.05, 3.63) is 10.4 Å². The van der Waals surface area contributed by atoms with Gasteiger partial charge in [0.25, 0.3) is 0 Å². The topological polar surface area (TPSA) is 55.0 Å². The maximum Gasteiger partial charge on any atom is 0.228 e. The van der Waals surface area contributed by atoms with Gasteiger partial charge in [-0.2, -0.15) is 16.7 Å². The summed E-state index contributed by atoms with van der Waals surface area (Å²) in [7, 11) is 0. The van der Waals surface area contributed by atoms with Crippen LogP contribution in [0.3, 0.4) is 0 Å². The fourth-order valence-electron chi connectivity index (χ4n) is 3.18. The Morgan fingerprint density at radius 2 is 1.72 bits per heavy atom. The fourth-order valence-corrected chi connectivity index (χ4v) is 5.35. The van der Waals surface area contributed by atoms with Gasteiger partial charge in [-0.3, -0.25) is 0 Å². The zero-order chi connectivity index (χ0) is 16.9. The molecule has 1 saturated heterocycles. The van der Waals surface area contributed by atoms with Gasteiger partial charge in [-0.1, -0.05) is 26.7 Å². The van der Waals surface area contributed by atoms with Gasteiger partial charge in [0.05, 0.1) is 5.39 Å². The number of rotatable bonds is 7. The van der Waals surface area contributed by atoms with E-state index in [4.69, 9.17) is 10.7 Å². The summed E-state index contributed by atoms with van der Waals surface area (Å²) in [5, 5.41) is 1.13. The fraction of sp³-hybridized carbons (Fsp3) is 0.667. The number of unbranched alkanes of at least 4 members (excludes halogenated alkanes) is 2. The molecule has 25 heavy (non-hydrogen) atoms. The summed E-state index contributed by atoms with van der Waals surface area (Å²) < 4.78 is 0. The van der Waals surface area contributed by atoms with Gasteiger partial charge in [-0.25, -0.2) is 4.98 Å². The van der Waals surface area contributed by atoms with E-state index < -0.39 is 0 Å². The largest absolute Gasteiger partial charge is 0.383 e. The Morgan fingerprint density at radius 3 is 2.40 bits per heavy atom. The second kappa shape index (κ2) is 9.83. The number of thioether (sulfide) groups is 1. The standard InChI is InChI=1S/C18H28N4S2.ClH/c1-3-5-7-13-14(8-6-4-2)24-17-15(13)16(19)20-18(21-17)22-9-11-23-12-10-22;/h3-12H2,1-2H3,(H2,19,20,21);1H. The first-order valence-corrected chi connectivity index (χ1v) is 11.1. The number of fused-ring (bicyclic) bond motifs is 1. The molecule has 4 nitrogen and oxygen atoms in total. The number of aromatic nitrogens is 2. The molecular weight excluding hydrogens is 372 g/mol. The Hall–Kier alpha value is -0.720. The van der Waals surface area contributed by atoms with Crippen molar-refractivity contribution in [2.75, 3.05) is 35.2 Å². The van der Waals surface area contributed by atoms with E-state index in [-0.39, 0.29) is 12.4 Å².